The predicted octanol–water partition coefficient (Wildman–Crippen LogP) is 3.54. The van der Waals surface area contributed by atoms with Crippen LogP contribution in [0.1, 0.15) is 20.7 Å². The van der Waals surface area contributed by atoms with E-state index < -0.39 is 23.5 Å². The second-order valence-electron chi connectivity index (χ2n) is 5.54. The molecule has 1 aromatic heterocycles. The molecule has 0 fully saturated rings. The predicted molar refractivity (Wildman–Crippen MR) is 97.4 cm³/mol. The molecule has 3 rings (SSSR count). The van der Waals surface area contributed by atoms with Crippen LogP contribution >= 0.6 is 0 Å². The first kappa shape index (κ1) is 18.9. The minimum Gasteiger partial charge on any atom is -0.465 e. The highest BCUT2D eigenvalue weighted by atomic mass is 19.1. The van der Waals surface area contributed by atoms with Crippen LogP contribution in [0.4, 0.5) is 26.1 Å². The maximum atomic E-state index is 13.6. The van der Waals surface area contributed by atoms with E-state index in [1.165, 1.54) is 37.7 Å². The Kier molecular flexibility index (Phi) is 5.54. The lowest BCUT2D eigenvalue weighted by Gasteiger charge is -2.08. The van der Waals surface area contributed by atoms with Gasteiger partial charge in [0, 0.05) is 18.1 Å². The second-order valence-corrected chi connectivity index (χ2v) is 5.54. The first-order chi connectivity index (χ1) is 13.5. The molecule has 2 aromatic carbocycles. The molecule has 9 heteroatoms. The van der Waals surface area contributed by atoms with Gasteiger partial charge in [-0.1, -0.05) is 6.07 Å². The Morgan fingerprint density at radius 3 is 2.11 bits per heavy atom. The van der Waals surface area contributed by atoms with Crippen molar-refractivity contribution in [3.05, 3.63) is 77.6 Å². The monoisotopic (exact) mass is 384 g/mol. The van der Waals surface area contributed by atoms with E-state index in [4.69, 9.17) is 0 Å². The molecular weight excluding hydrogens is 370 g/mol. The Balaban J connectivity index is 1.67. The number of hydrogen-bond acceptors (Lipinski definition) is 6. The summed E-state index contributed by atoms with van der Waals surface area (Å²) in [4.78, 5) is 31.4. The molecule has 28 heavy (non-hydrogen) atoms. The SMILES string of the molecule is COC(=O)c1ccc(NC(=O)c2cnc(Nc3c(F)cccc3F)nc2)cc1. The third kappa shape index (κ3) is 4.26. The number of benzene rings is 2. The highest BCUT2D eigenvalue weighted by molar-refractivity contribution is 6.04. The van der Waals surface area contributed by atoms with Crippen LogP contribution in [0.3, 0.4) is 0 Å². The number of anilines is 3. The molecule has 2 N–H and O–H groups in total. The number of para-hydroxylation sites is 1. The van der Waals surface area contributed by atoms with Crippen LogP contribution in [0.15, 0.2) is 54.9 Å². The summed E-state index contributed by atoms with van der Waals surface area (Å²) in [5, 5.41) is 5.05. The molecule has 0 aliphatic carbocycles. The van der Waals surface area contributed by atoms with Crippen molar-refractivity contribution in [3.63, 3.8) is 0 Å². The minimum atomic E-state index is -0.791. The summed E-state index contributed by atoms with van der Waals surface area (Å²) >= 11 is 0. The molecule has 0 unspecified atom stereocenters. The summed E-state index contributed by atoms with van der Waals surface area (Å²) < 4.78 is 31.9. The topological polar surface area (TPSA) is 93.2 Å². The van der Waals surface area contributed by atoms with Gasteiger partial charge in [-0.15, -0.1) is 0 Å². The van der Waals surface area contributed by atoms with E-state index in [0.717, 1.165) is 12.1 Å². The zero-order chi connectivity index (χ0) is 20.1. The number of hydrogen-bond donors (Lipinski definition) is 2. The maximum Gasteiger partial charge on any atom is 0.337 e. The van der Waals surface area contributed by atoms with Crippen molar-refractivity contribution in [1.82, 2.24) is 9.97 Å². The van der Waals surface area contributed by atoms with Gasteiger partial charge in [0.2, 0.25) is 5.95 Å². The van der Waals surface area contributed by atoms with Gasteiger partial charge in [0.15, 0.2) is 0 Å². The Hall–Kier alpha value is -3.88. The zero-order valence-electron chi connectivity index (χ0n) is 14.6. The van der Waals surface area contributed by atoms with Crippen LogP contribution in [-0.4, -0.2) is 29.0 Å². The Bertz CT molecular complexity index is 988. The van der Waals surface area contributed by atoms with Gasteiger partial charge in [0.1, 0.15) is 17.3 Å². The molecule has 1 heterocycles. The standard InChI is InChI=1S/C19H14F2N4O3/c1-28-18(27)11-5-7-13(8-6-11)24-17(26)12-9-22-19(23-10-12)25-16-14(20)3-2-4-15(16)21/h2-10H,1H3,(H,24,26)(H,22,23,25). The van der Waals surface area contributed by atoms with Crippen LogP contribution in [-0.2, 0) is 4.74 Å². The van der Waals surface area contributed by atoms with Gasteiger partial charge in [-0.25, -0.2) is 23.5 Å². The highest BCUT2D eigenvalue weighted by Crippen LogP contribution is 2.21. The number of halogens is 2. The lowest BCUT2D eigenvalue weighted by atomic mass is 10.2. The third-order valence-corrected chi connectivity index (χ3v) is 3.68. The van der Waals surface area contributed by atoms with Gasteiger partial charge in [-0.3, -0.25) is 4.79 Å². The molecule has 142 valence electrons. The van der Waals surface area contributed by atoms with Gasteiger partial charge in [0.25, 0.3) is 5.91 Å². The highest BCUT2D eigenvalue weighted by Gasteiger charge is 2.12. The van der Waals surface area contributed by atoms with Crippen molar-refractivity contribution in [2.24, 2.45) is 0 Å². The van der Waals surface area contributed by atoms with Gasteiger partial charge in [-0.05, 0) is 36.4 Å². The van der Waals surface area contributed by atoms with Crippen molar-refractivity contribution < 1.29 is 23.1 Å². The van der Waals surface area contributed by atoms with Crippen molar-refractivity contribution in [2.75, 3.05) is 17.7 Å². The van der Waals surface area contributed by atoms with Crippen molar-refractivity contribution in [1.29, 1.82) is 0 Å². The lowest BCUT2D eigenvalue weighted by Crippen LogP contribution is -2.13. The zero-order valence-corrected chi connectivity index (χ0v) is 14.6. The van der Waals surface area contributed by atoms with Gasteiger partial charge >= 0.3 is 5.97 Å². The Labute approximate surface area is 158 Å². The molecule has 0 bridgehead atoms. The molecule has 0 saturated carbocycles. The fourth-order valence-corrected chi connectivity index (χ4v) is 2.25. The summed E-state index contributed by atoms with van der Waals surface area (Å²) in [6.07, 6.45) is 2.43. The number of methoxy groups -OCH3 is 1. The van der Waals surface area contributed by atoms with Gasteiger partial charge in [0.05, 0.1) is 18.2 Å². The number of carbonyl (C=O) groups is 2. The molecule has 1 amide bonds. The van der Waals surface area contributed by atoms with Crippen LogP contribution in [0, 0.1) is 11.6 Å². The quantitative estimate of drug-likeness (QED) is 0.654. The maximum absolute atomic E-state index is 13.6. The van der Waals surface area contributed by atoms with E-state index in [-0.39, 0.29) is 17.2 Å². The molecule has 7 nitrogen and oxygen atoms in total. The smallest absolute Gasteiger partial charge is 0.337 e. The molecule has 0 aliphatic heterocycles. The molecule has 0 radical (unpaired) electrons. The number of nitrogens with zero attached hydrogens (tertiary/aromatic N) is 2. The number of ether oxygens (including phenoxy) is 1. The number of rotatable bonds is 5. The van der Waals surface area contributed by atoms with Crippen molar-refractivity contribution in [2.45, 2.75) is 0 Å². The summed E-state index contributed by atoms with van der Waals surface area (Å²) in [6.45, 7) is 0. The Morgan fingerprint density at radius 1 is 0.929 bits per heavy atom. The normalized spacial score (nSPS) is 10.2. The second kappa shape index (κ2) is 8.21. The number of aromatic nitrogens is 2. The summed E-state index contributed by atoms with van der Waals surface area (Å²) in [5.74, 6) is -2.63. The van der Waals surface area contributed by atoms with Gasteiger partial charge < -0.3 is 15.4 Å². The van der Waals surface area contributed by atoms with Crippen LogP contribution in [0.25, 0.3) is 0 Å². The summed E-state index contributed by atoms with van der Waals surface area (Å²) in [5.41, 5.74) is 0.551. The average Bonchev–Trinajstić information content (AvgIpc) is 2.71. The molecule has 0 aliphatic rings. The Morgan fingerprint density at radius 2 is 1.54 bits per heavy atom. The summed E-state index contributed by atoms with van der Waals surface area (Å²) in [7, 11) is 1.27. The van der Waals surface area contributed by atoms with Gasteiger partial charge in [-0.2, -0.15) is 0 Å². The van der Waals surface area contributed by atoms with Crippen LogP contribution in [0.2, 0.25) is 0 Å². The van der Waals surface area contributed by atoms with E-state index in [0.29, 0.717) is 11.3 Å². The molecule has 3 aromatic rings. The first-order valence-electron chi connectivity index (χ1n) is 8.00. The van der Waals surface area contributed by atoms with Crippen LogP contribution < -0.4 is 10.6 Å². The van der Waals surface area contributed by atoms with E-state index in [2.05, 4.69) is 25.3 Å². The molecule has 0 atom stereocenters. The third-order valence-electron chi connectivity index (χ3n) is 3.68. The fourth-order valence-electron chi connectivity index (χ4n) is 2.25. The van der Waals surface area contributed by atoms with Crippen molar-refractivity contribution in [3.8, 4) is 0 Å². The van der Waals surface area contributed by atoms with E-state index in [1.54, 1.807) is 12.1 Å². The average molecular weight is 384 g/mol. The minimum absolute atomic E-state index is 0.0667. The molecule has 0 saturated heterocycles. The molecule has 0 spiro atoms. The fraction of sp³-hybridized carbons (Fsp3) is 0.0526. The van der Waals surface area contributed by atoms with E-state index >= 15 is 0 Å². The number of amides is 1. The van der Waals surface area contributed by atoms with E-state index in [9.17, 15) is 18.4 Å². The first-order valence-corrected chi connectivity index (χ1v) is 8.00. The lowest BCUT2D eigenvalue weighted by molar-refractivity contribution is 0.0600. The van der Waals surface area contributed by atoms with Crippen LogP contribution in [0.5, 0.6) is 0 Å². The van der Waals surface area contributed by atoms with E-state index in [1.807, 2.05) is 0 Å². The van der Waals surface area contributed by atoms with Crippen molar-refractivity contribution >= 4 is 29.2 Å². The molecular formula is C19H14F2N4O3. The number of esters is 1. The summed E-state index contributed by atoms with van der Waals surface area (Å²) in [6, 6.07) is 9.53. The number of nitrogens with one attached hydrogen (secondary N) is 2. The number of carbonyl (C=O) groups excluding carboxylic acids is 2. The largest absolute Gasteiger partial charge is 0.465 e.